The van der Waals surface area contributed by atoms with Crippen molar-refractivity contribution in [2.45, 2.75) is 99.3 Å². The van der Waals surface area contributed by atoms with E-state index < -0.39 is 0 Å². The summed E-state index contributed by atoms with van der Waals surface area (Å²) in [6.07, 6.45) is 6.67. The van der Waals surface area contributed by atoms with Gasteiger partial charge in [0.05, 0.1) is 17.1 Å². The average molecular weight is 432 g/mol. The minimum absolute atomic E-state index is 0.499. The summed E-state index contributed by atoms with van der Waals surface area (Å²) in [5, 5.41) is 4.78. The van der Waals surface area contributed by atoms with E-state index in [1.54, 1.807) is 7.11 Å². The van der Waals surface area contributed by atoms with Crippen LogP contribution >= 0.6 is 0 Å². The van der Waals surface area contributed by atoms with Crippen LogP contribution in [0.3, 0.4) is 0 Å². The van der Waals surface area contributed by atoms with E-state index in [1.165, 1.54) is 49.1 Å². The fourth-order valence-corrected chi connectivity index (χ4v) is 4.15. The lowest BCUT2D eigenvalue weighted by molar-refractivity contribution is -0.0979. The third-order valence-corrected chi connectivity index (χ3v) is 5.54. The van der Waals surface area contributed by atoms with Gasteiger partial charge in [-0.25, -0.2) is 4.68 Å². The minimum atomic E-state index is 0.499. The van der Waals surface area contributed by atoms with Gasteiger partial charge >= 0.3 is 0 Å². The molecule has 5 nitrogen and oxygen atoms in total. The molecular weight excluding hydrogens is 386 g/mol. The molecule has 3 rings (SSSR count). The first-order valence-electron chi connectivity index (χ1n) is 11.7. The molecule has 5 heteroatoms. The number of hydrogen-bond acceptors (Lipinski definition) is 4. The molecule has 0 atom stereocenters. The van der Waals surface area contributed by atoms with E-state index in [-0.39, 0.29) is 0 Å². The van der Waals surface area contributed by atoms with Crippen LogP contribution in [0, 0.1) is 20.8 Å². The van der Waals surface area contributed by atoms with Gasteiger partial charge in [0, 0.05) is 31.0 Å². The van der Waals surface area contributed by atoms with Gasteiger partial charge in [-0.05, 0) is 64.2 Å². The number of carbonyl (C=O) groups excluding carboxylic acids is 1. The molecule has 0 amide bonds. The number of rotatable bonds is 4. The van der Waals surface area contributed by atoms with Crippen LogP contribution in [0.15, 0.2) is 12.1 Å². The molecule has 0 aromatic carbocycles. The summed E-state index contributed by atoms with van der Waals surface area (Å²) >= 11 is 0. The third-order valence-electron chi connectivity index (χ3n) is 5.54. The molecule has 2 aromatic heterocycles. The zero-order valence-electron chi connectivity index (χ0n) is 21.4. The molecule has 176 valence electrons. The van der Waals surface area contributed by atoms with Crippen LogP contribution < -0.4 is 0 Å². The van der Waals surface area contributed by atoms with Gasteiger partial charge in [-0.3, -0.25) is 4.98 Å². The summed E-state index contributed by atoms with van der Waals surface area (Å²) < 4.78 is 6.62. The van der Waals surface area contributed by atoms with Crippen LogP contribution in [0.25, 0.3) is 5.69 Å². The second kappa shape index (κ2) is 15.7. The van der Waals surface area contributed by atoms with Crippen molar-refractivity contribution in [1.82, 2.24) is 14.8 Å². The molecule has 0 N–H and O–H groups in total. The topological polar surface area (TPSA) is 57.0 Å². The number of pyridine rings is 1. The maximum absolute atomic E-state index is 8.00. The largest absolute Gasteiger partial charge is 0.385 e. The van der Waals surface area contributed by atoms with Crippen LogP contribution in [-0.4, -0.2) is 35.3 Å². The summed E-state index contributed by atoms with van der Waals surface area (Å²) in [5.74, 6) is 1.15. The number of carbonyl (C=O) groups is 1. The molecule has 0 aliphatic heterocycles. The normalized spacial score (nSPS) is 13.4. The van der Waals surface area contributed by atoms with E-state index in [0.29, 0.717) is 11.8 Å². The minimum Gasteiger partial charge on any atom is -0.385 e. The van der Waals surface area contributed by atoms with E-state index in [1.807, 2.05) is 27.6 Å². The number of ether oxygens (including phenoxy) is 1. The van der Waals surface area contributed by atoms with Gasteiger partial charge in [-0.15, -0.1) is 0 Å². The lowest BCUT2D eigenvalue weighted by Crippen LogP contribution is -2.10. The van der Waals surface area contributed by atoms with Crippen molar-refractivity contribution in [1.29, 1.82) is 0 Å². The Kier molecular flexibility index (Phi) is 14.7. The lowest BCUT2D eigenvalue weighted by Gasteiger charge is -2.22. The monoisotopic (exact) mass is 431 g/mol. The van der Waals surface area contributed by atoms with Crippen molar-refractivity contribution in [2.24, 2.45) is 0 Å². The quantitative estimate of drug-likeness (QED) is 0.531. The van der Waals surface area contributed by atoms with E-state index in [0.717, 1.165) is 23.7 Å². The molecule has 0 radical (unpaired) electrons. The van der Waals surface area contributed by atoms with E-state index in [4.69, 9.17) is 14.9 Å². The van der Waals surface area contributed by atoms with Crippen molar-refractivity contribution in [3.63, 3.8) is 0 Å². The van der Waals surface area contributed by atoms with Gasteiger partial charge in [-0.1, -0.05) is 47.0 Å². The van der Waals surface area contributed by atoms with E-state index >= 15 is 0 Å². The number of hydrogen-bond donors (Lipinski definition) is 0. The molecule has 1 saturated carbocycles. The highest BCUT2D eigenvalue weighted by Crippen LogP contribution is 2.33. The maximum Gasteiger partial charge on any atom is 0.106 e. The Morgan fingerprint density at radius 3 is 2.03 bits per heavy atom. The van der Waals surface area contributed by atoms with Gasteiger partial charge in [0.25, 0.3) is 0 Å². The van der Waals surface area contributed by atoms with Crippen molar-refractivity contribution in [3.05, 3.63) is 40.5 Å². The molecule has 0 bridgehead atoms. The summed E-state index contributed by atoms with van der Waals surface area (Å²) in [6.45, 7) is 19.6. The molecule has 2 aromatic rings. The molecule has 0 saturated heterocycles. The number of aryl methyl sites for hydroxylation is 2. The first kappa shape index (κ1) is 29.0. The Morgan fingerprint density at radius 2 is 1.61 bits per heavy atom. The Bertz CT molecular complexity index is 745. The van der Waals surface area contributed by atoms with E-state index in [9.17, 15) is 0 Å². The SMILES string of the molecule is C=O.CC.CCOC.Cc1nc(C2CCCCC2)ccc1-n1nc(C)c(C(C)C)c1C. The first-order chi connectivity index (χ1) is 14.9. The first-order valence-corrected chi connectivity index (χ1v) is 11.7. The highest BCUT2D eigenvalue weighted by atomic mass is 16.5. The van der Waals surface area contributed by atoms with Gasteiger partial charge in [0.15, 0.2) is 0 Å². The second-order valence-corrected chi connectivity index (χ2v) is 7.90. The average Bonchev–Trinajstić information content (AvgIpc) is 3.11. The van der Waals surface area contributed by atoms with Crippen molar-refractivity contribution < 1.29 is 9.53 Å². The standard InChI is InChI=1S/C20H29N3.C3H8O.C2H6.CH2O/c1-13(2)20-15(4)22-23(16(20)5)19-12-11-18(21-14(19)3)17-9-7-6-8-10-17;1-3-4-2;2*1-2/h11-13,17H,6-10H2,1-5H3;3H2,1-2H3;1-2H3;1H2. The summed E-state index contributed by atoms with van der Waals surface area (Å²) in [7, 11) is 1.68. The van der Waals surface area contributed by atoms with Crippen molar-refractivity contribution in [3.8, 4) is 5.69 Å². The zero-order valence-corrected chi connectivity index (χ0v) is 21.4. The third kappa shape index (κ3) is 8.21. The number of aromatic nitrogens is 3. The maximum atomic E-state index is 8.00. The number of methoxy groups -OCH3 is 1. The van der Waals surface area contributed by atoms with Gasteiger partial charge in [-0.2, -0.15) is 5.10 Å². The number of nitrogens with zero attached hydrogens (tertiary/aromatic N) is 3. The lowest BCUT2D eigenvalue weighted by atomic mass is 9.86. The van der Waals surface area contributed by atoms with Crippen molar-refractivity contribution >= 4 is 6.79 Å². The van der Waals surface area contributed by atoms with Crippen LogP contribution in [0.1, 0.15) is 107 Å². The summed E-state index contributed by atoms with van der Waals surface area (Å²) in [6, 6.07) is 4.44. The molecule has 31 heavy (non-hydrogen) atoms. The fraction of sp³-hybridized carbons (Fsp3) is 0.654. The predicted molar refractivity (Wildman–Crippen MR) is 132 cm³/mol. The fourth-order valence-electron chi connectivity index (χ4n) is 4.15. The Hall–Kier alpha value is -2.01. The van der Waals surface area contributed by atoms with Crippen molar-refractivity contribution in [2.75, 3.05) is 13.7 Å². The van der Waals surface area contributed by atoms with Crippen LogP contribution in [0.5, 0.6) is 0 Å². The van der Waals surface area contributed by atoms with Crippen LogP contribution in [0.4, 0.5) is 0 Å². The predicted octanol–water partition coefficient (Wildman–Crippen LogP) is 6.86. The summed E-state index contributed by atoms with van der Waals surface area (Å²) in [5.41, 5.74) is 7.23. The molecule has 0 unspecified atom stereocenters. The highest BCUT2D eigenvalue weighted by Gasteiger charge is 2.20. The van der Waals surface area contributed by atoms with Crippen LogP contribution in [0.2, 0.25) is 0 Å². The van der Waals surface area contributed by atoms with Gasteiger partial charge < -0.3 is 9.53 Å². The smallest absolute Gasteiger partial charge is 0.106 e. The van der Waals surface area contributed by atoms with E-state index in [2.05, 4.69) is 56.2 Å². The highest BCUT2D eigenvalue weighted by molar-refractivity contribution is 5.42. The molecular formula is C26H45N3O2. The Balaban J connectivity index is 0.000000992. The summed E-state index contributed by atoms with van der Waals surface area (Å²) in [4.78, 5) is 12.9. The molecule has 2 heterocycles. The van der Waals surface area contributed by atoms with Crippen LogP contribution in [-0.2, 0) is 9.53 Å². The molecule has 1 aliphatic carbocycles. The molecule has 1 aliphatic rings. The Morgan fingerprint density at radius 1 is 1.06 bits per heavy atom. The van der Waals surface area contributed by atoms with Gasteiger partial charge in [0.1, 0.15) is 6.79 Å². The van der Waals surface area contributed by atoms with Gasteiger partial charge in [0.2, 0.25) is 0 Å². The second-order valence-electron chi connectivity index (χ2n) is 7.90. The molecule has 0 spiro atoms. The zero-order chi connectivity index (χ0) is 24.0. The Labute approximate surface area is 190 Å². The molecule has 1 fully saturated rings.